The minimum atomic E-state index is -0.317. The summed E-state index contributed by atoms with van der Waals surface area (Å²) >= 11 is 6.19. The Labute approximate surface area is 138 Å². The van der Waals surface area contributed by atoms with E-state index in [9.17, 15) is 9.18 Å². The van der Waals surface area contributed by atoms with E-state index >= 15 is 0 Å². The van der Waals surface area contributed by atoms with Gasteiger partial charge in [0.2, 0.25) is 5.91 Å². The Kier molecular flexibility index (Phi) is 4.05. The van der Waals surface area contributed by atoms with Gasteiger partial charge in [0.15, 0.2) is 0 Å². The van der Waals surface area contributed by atoms with Crippen LogP contribution in [0.3, 0.4) is 0 Å². The molecule has 3 rings (SSSR count). The number of pyridine rings is 1. The summed E-state index contributed by atoms with van der Waals surface area (Å²) < 4.78 is 15.7. The third-order valence-corrected chi connectivity index (χ3v) is 3.94. The van der Waals surface area contributed by atoms with E-state index in [2.05, 4.69) is 4.98 Å². The summed E-state index contributed by atoms with van der Waals surface area (Å²) in [5, 5.41) is 0.464. The molecule has 4 nitrogen and oxygen atoms in total. The van der Waals surface area contributed by atoms with Crippen LogP contribution in [0.1, 0.15) is 0 Å². The van der Waals surface area contributed by atoms with Crippen molar-refractivity contribution in [2.75, 3.05) is 14.1 Å². The van der Waals surface area contributed by atoms with Gasteiger partial charge in [-0.3, -0.25) is 9.78 Å². The number of nitrogens with zero attached hydrogens (tertiary/aromatic N) is 3. The van der Waals surface area contributed by atoms with Gasteiger partial charge in [-0.2, -0.15) is 0 Å². The number of fused-ring (bicyclic) bond motifs is 1. The van der Waals surface area contributed by atoms with Gasteiger partial charge in [-0.15, -0.1) is 0 Å². The van der Waals surface area contributed by atoms with Gasteiger partial charge in [0, 0.05) is 37.6 Å². The van der Waals surface area contributed by atoms with E-state index < -0.39 is 0 Å². The maximum absolute atomic E-state index is 14.0. The van der Waals surface area contributed by atoms with Crippen LogP contribution in [0.15, 0.2) is 42.7 Å². The van der Waals surface area contributed by atoms with E-state index in [-0.39, 0.29) is 18.3 Å². The molecule has 2 heterocycles. The summed E-state index contributed by atoms with van der Waals surface area (Å²) in [4.78, 5) is 17.8. The van der Waals surface area contributed by atoms with Crippen LogP contribution in [0.2, 0.25) is 5.02 Å². The van der Waals surface area contributed by atoms with Crippen molar-refractivity contribution in [1.29, 1.82) is 0 Å². The SMILES string of the molecule is CN(C)C(=O)Cn1cc(Cl)c2ncc(-c3ccccc3F)cc21. The average Bonchev–Trinajstić information content (AvgIpc) is 2.83. The van der Waals surface area contributed by atoms with Crippen molar-refractivity contribution < 1.29 is 9.18 Å². The summed E-state index contributed by atoms with van der Waals surface area (Å²) in [7, 11) is 3.39. The second-order valence-electron chi connectivity index (χ2n) is 5.46. The minimum absolute atomic E-state index is 0.0603. The van der Waals surface area contributed by atoms with Crippen molar-refractivity contribution in [1.82, 2.24) is 14.5 Å². The zero-order valence-corrected chi connectivity index (χ0v) is 13.5. The van der Waals surface area contributed by atoms with Crippen LogP contribution in [0.4, 0.5) is 4.39 Å². The molecule has 1 aromatic carbocycles. The van der Waals surface area contributed by atoms with Gasteiger partial charge in [0.25, 0.3) is 0 Å². The van der Waals surface area contributed by atoms with E-state index in [0.29, 0.717) is 27.2 Å². The van der Waals surface area contributed by atoms with Gasteiger partial charge in [-0.1, -0.05) is 29.8 Å². The van der Waals surface area contributed by atoms with E-state index in [1.54, 1.807) is 55.3 Å². The van der Waals surface area contributed by atoms with E-state index in [0.717, 1.165) is 0 Å². The van der Waals surface area contributed by atoms with E-state index in [1.165, 1.54) is 11.0 Å². The summed E-state index contributed by atoms with van der Waals surface area (Å²) in [6.07, 6.45) is 3.26. The van der Waals surface area contributed by atoms with Crippen molar-refractivity contribution in [3.63, 3.8) is 0 Å². The molecule has 3 aromatic rings. The van der Waals surface area contributed by atoms with Crippen molar-refractivity contribution in [2.45, 2.75) is 6.54 Å². The van der Waals surface area contributed by atoms with Crippen molar-refractivity contribution >= 4 is 28.5 Å². The van der Waals surface area contributed by atoms with Crippen molar-refractivity contribution in [2.24, 2.45) is 0 Å². The number of carbonyl (C=O) groups is 1. The fraction of sp³-hybridized carbons (Fsp3) is 0.176. The topological polar surface area (TPSA) is 38.1 Å². The van der Waals surface area contributed by atoms with Crippen LogP contribution in [-0.2, 0) is 11.3 Å². The number of hydrogen-bond donors (Lipinski definition) is 0. The smallest absolute Gasteiger partial charge is 0.241 e. The maximum atomic E-state index is 14.0. The second kappa shape index (κ2) is 6.01. The summed E-state index contributed by atoms with van der Waals surface area (Å²) in [5.74, 6) is -0.378. The van der Waals surface area contributed by atoms with Crippen LogP contribution >= 0.6 is 11.6 Å². The Morgan fingerprint density at radius 2 is 2.09 bits per heavy atom. The quantitative estimate of drug-likeness (QED) is 0.735. The summed E-state index contributed by atoms with van der Waals surface area (Å²) in [6.45, 7) is 0.151. The number of benzene rings is 1. The third kappa shape index (κ3) is 2.92. The van der Waals surface area contributed by atoms with Gasteiger partial charge in [0.05, 0.1) is 10.5 Å². The minimum Gasteiger partial charge on any atom is -0.347 e. The van der Waals surface area contributed by atoms with Crippen LogP contribution in [0, 0.1) is 5.82 Å². The number of halogens is 2. The first-order chi connectivity index (χ1) is 11.0. The lowest BCUT2D eigenvalue weighted by Crippen LogP contribution is -2.25. The van der Waals surface area contributed by atoms with Crippen LogP contribution in [-0.4, -0.2) is 34.5 Å². The predicted molar refractivity (Wildman–Crippen MR) is 88.8 cm³/mol. The molecule has 0 saturated carbocycles. The zero-order chi connectivity index (χ0) is 16.6. The number of rotatable bonds is 3. The number of hydrogen-bond acceptors (Lipinski definition) is 2. The fourth-order valence-electron chi connectivity index (χ4n) is 2.38. The molecule has 0 radical (unpaired) electrons. The largest absolute Gasteiger partial charge is 0.347 e. The molecule has 2 aromatic heterocycles. The van der Waals surface area contributed by atoms with Crippen LogP contribution in [0.25, 0.3) is 22.2 Å². The lowest BCUT2D eigenvalue weighted by molar-refractivity contribution is -0.129. The summed E-state index contributed by atoms with van der Waals surface area (Å²) in [6, 6.07) is 8.30. The maximum Gasteiger partial charge on any atom is 0.241 e. The lowest BCUT2D eigenvalue weighted by Gasteiger charge is -2.12. The monoisotopic (exact) mass is 331 g/mol. The van der Waals surface area contributed by atoms with Crippen molar-refractivity contribution in [3.8, 4) is 11.1 Å². The fourth-order valence-corrected chi connectivity index (χ4v) is 2.65. The summed E-state index contributed by atoms with van der Waals surface area (Å²) in [5.41, 5.74) is 2.40. The van der Waals surface area contributed by atoms with E-state index in [4.69, 9.17) is 11.6 Å². The van der Waals surface area contributed by atoms with Gasteiger partial charge in [0.1, 0.15) is 17.9 Å². The molecule has 0 bridgehead atoms. The molecule has 0 saturated heterocycles. The molecule has 0 unspecified atom stereocenters. The van der Waals surface area contributed by atoms with Crippen LogP contribution < -0.4 is 0 Å². The zero-order valence-electron chi connectivity index (χ0n) is 12.8. The van der Waals surface area contributed by atoms with E-state index in [1.807, 2.05) is 0 Å². The molecule has 0 spiro atoms. The number of carbonyl (C=O) groups excluding carboxylic acids is 1. The molecule has 0 aliphatic heterocycles. The molecule has 6 heteroatoms. The van der Waals surface area contributed by atoms with Gasteiger partial charge in [-0.25, -0.2) is 4.39 Å². The molecule has 23 heavy (non-hydrogen) atoms. The molecule has 0 fully saturated rings. The number of likely N-dealkylation sites (N-methyl/N-ethyl adjacent to an activating group) is 1. The Morgan fingerprint density at radius 3 is 2.78 bits per heavy atom. The average molecular weight is 332 g/mol. The Hall–Kier alpha value is -2.40. The predicted octanol–water partition coefficient (Wildman–Crippen LogP) is 3.58. The lowest BCUT2D eigenvalue weighted by atomic mass is 10.1. The molecule has 0 N–H and O–H groups in total. The number of amides is 1. The van der Waals surface area contributed by atoms with Crippen LogP contribution in [0.5, 0.6) is 0 Å². The normalized spacial score (nSPS) is 11.0. The first-order valence-electron chi connectivity index (χ1n) is 7.07. The highest BCUT2D eigenvalue weighted by Gasteiger charge is 2.14. The standard InChI is InChI=1S/C17H15ClFN3O/c1-21(2)16(23)10-22-9-13(18)17-15(22)7-11(8-20-17)12-5-3-4-6-14(12)19/h3-9H,10H2,1-2H3. The molecular formula is C17H15ClFN3O. The van der Waals surface area contributed by atoms with Gasteiger partial charge in [-0.05, 0) is 12.1 Å². The van der Waals surface area contributed by atoms with Gasteiger partial charge >= 0.3 is 0 Å². The number of aromatic nitrogens is 2. The van der Waals surface area contributed by atoms with Gasteiger partial charge < -0.3 is 9.47 Å². The van der Waals surface area contributed by atoms with Crippen molar-refractivity contribution in [3.05, 3.63) is 53.6 Å². The second-order valence-corrected chi connectivity index (χ2v) is 5.87. The molecule has 0 aliphatic rings. The Morgan fingerprint density at radius 1 is 1.35 bits per heavy atom. The Bertz CT molecular complexity index is 889. The molecule has 0 atom stereocenters. The molecular weight excluding hydrogens is 317 g/mol. The highest BCUT2D eigenvalue weighted by molar-refractivity contribution is 6.35. The molecule has 0 aliphatic carbocycles. The highest BCUT2D eigenvalue weighted by Crippen LogP contribution is 2.29. The first-order valence-corrected chi connectivity index (χ1v) is 7.44. The molecule has 1 amide bonds. The highest BCUT2D eigenvalue weighted by atomic mass is 35.5. The Balaban J connectivity index is 2.11. The first kappa shape index (κ1) is 15.5. The third-order valence-electron chi connectivity index (χ3n) is 3.66. The molecule has 118 valence electrons.